The van der Waals surface area contributed by atoms with Gasteiger partial charge in [-0.3, -0.25) is 9.59 Å². The first-order chi connectivity index (χ1) is 15.3. The van der Waals surface area contributed by atoms with Gasteiger partial charge in [-0.15, -0.1) is 0 Å². The van der Waals surface area contributed by atoms with Crippen LogP contribution >= 0.6 is 0 Å². The van der Waals surface area contributed by atoms with Crippen molar-refractivity contribution < 1.29 is 23.8 Å². The average Bonchev–Trinajstić information content (AvgIpc) is 2.80. The zero-order valence-corrected chi connectivity index (χ0v) is 18.9. The number of amides is 2. The van der Waals surface area contributed by atoms with Gasteiger partial charge in [-0.2, -0.15) is 0 Å². The van der Waals surface area contributed by atoms with E-state index in [9.17, 15) is 19.1 Å². The van der Waals surface area contributed by atoms with Gasteiger partial charge in [0, 0.05) is 43.3 Å². The van der Waals surface area contributed by atoms with Gasteiger partial charge in [0.2, 0.25) is 11.8 Å². The van der Waals surface area contributed by atoms with E-state index >= 15 is 0 Å². The van der Waals surface area contributed by atoms with Crippen LogP contribution in [0.5, 0.6) is 5.88 Å². The number of aromatic nitrogens is 1. The minimum absolute atomic E-state index is 0.0115. The lowest BCUT2D eigenvalue weighted by molar-refractivity contribution is -0.131. The average molecular weight is 444 g/mol. The van der Waals surface area contributed by atoms with Crippen LogP contribution in [0.4, 0.5) is 4.39 Å². The maximum atomic E-state index is 14.4. The highest BCUT2D eigenvalue weighted by molar-refractivity contribution is 5.98. The number of aliphatic hydroxyl groups is 1. The molecule has 1 aliphatic heterocycles. The molecule has 8 heteroatoms. The molecule has 0 unspecified atom stereocenters. The van der Waals surface area contributed by atoms with Crippen molar-refractivity contribution in [3.05, 3.63) is 47.9 Å². The molecule has 1 aromatic heterocycles. The van der Waals surface area contributed by atoms with Crippen LogP contribution in [0.2, 0.25) is 0 Å². The molecule has 7 nitrogen and oxygen atoms in total. The molecule has 0 aliphatic carbocycles. The SMILES string of the molecule is CCC(=O)N(C)C[C@H]1Oc2ncc(-c3ccccc3F)cc2C(=O)N([C@@H](C)CO)C[C@H]1C. The van der Waals surface area contributed by atoms with Crippen LogP contribution in [0.25, 0.3) is 11.1 Å². The topological polar surface area (TPSA) is 83.0 Å². The van der Waals surface area contributed by atoms with Crippen LogP contribution < -0.4 is 4.74 Å². The Labute approximate surface area is 187 Å². The number of aliphatic hydroxyl groups excluding tert-OH is 1. The summed E-state index contributed by atoms with van der Waals surface area (Å²) in [5, 5.41) is 9.74. The fourth-order valence-electron chi connectivity index (χ4n) is 3.80. The van der Waals surface area contributed by atoms with E-state index in [1.807, 2.05) is 6.92 Å². The van der Waals surface area contributed by atoms with Crippen molar-refractivity contribution in [3.8, 4) is 17.0 Å². The van der Waals surface area contributed by atoms with Crippen LogP contribution in [-0.2, 0) is 4.79 Å². The van der Waals surface area contributed by atoms with Crippen molar-refractivity contribution in [1.82, 2.24) is 14.8 Å². The van der Waals surface area contributed by atoms with Gasteiger partial charge in [0.05, 0.1) is 19.2 Å². The molecule has 0 spiro atoms. The van der Waals surface area contributed by atoms with Gasteiger partial charge >= 0.3 is 0 Å². The van der Waals surface area contributed by atoms with Gasteiger partial charge in [0.25, 0.3) is 5.91 Å². The minimum atomic E-state index is -0.427. The molecule has 0 saturated heterocycles. The standard InChI is InChI=1S/C24H30FN3O4/c1-5-22(30)27(4)13-21-15(2)12-28(16(3)14-29)24(31)19-10-17(11-26-23(19)32-21)18-8-6-7-9-20(18)25/h6-11,15-16,21,29H,5,12-14H2,1-4H3/t15-,16+,21-/m1/s1. The second-order valence-electron chi connectivity index (χ2n) is 8.31. The largest absolute Gasteiger partial charge is 0.472 e. The molecule has 2 amide bonds. The Morgan fingerprint density at radius 3 is 2.75 bits per heavy atom. The number of carbonyl (C=O) groups is 2. The quantitative estimate of drug-likeness (QED) is 0.742. The van der Waals surface area contributed by atoms with Crippen molar-refractivity contribution in [2.24, 2.45) is 5.92 Å². The van der Waals surface area contributed by atoms with Crippen molar-refractivity contribution in [2.45, 2.75) is 39.3 Å². The highest BCUT2D eigenvalue weighted by Gasteiger charge is 2.34. The van der Waals surface area contributed by atoms with Gasteiger partial charge in [-0.1, -0.05) is 32.0 Å². The van der Waals surface area contributed by atoms with E-state index in [1.54, 1.807) is 55.0 Å². The smallest absolute Gasteiger partial charge is 0.259 e. The first-order valence-corrected chi connectivity index (χ1v) is 10.8. The van der Waals surface area contributed by atoms with E-state index in [2.05, 4.69) is 4.98 Å². The monoisotopic (exact) mass is 443 g/mol. The number of hydrogen-bond donors (Lipinski definition) is 1. The van der Waals surface area contributed by atoms with Gasteiger partial charge in [0.1, 0.15) is 17.5 Å². The van der Waals surface area contributed by atoms with Crippen LogP contribution in [0.3, 0.4) is 0 Å². The number of likely N-dealkylation sites (N-methyl/N-ethyl adjacent to an activating group) is 1. The van der Waals surface area contributed by atoms with Crippen molar-refractivity contribution in [1.29, 1.82) is 0 Å². The number of halogens is 1. The highest BCUT2D eigenvalue weighted by atomic mass is 19.1. The summed E-state index contributed by atoms with van der Waals surface area (Å²) in [5.41, 5.74) is 0.990. The maximum absolute atomic E-state index is 14.4. The molecule has 32 heavy (non-hydrogen) atoms. The lowest BCUT2D eigenvalue weighted by atomic mass is 9.99. The number of benzene rings is 1. The number of nitrogens with zero attached hydrogens (tertiary/aromatic N) is 3. The third-order valence-electron chi connectivity index (χ3n) is 5.89. The zero-order chi connectivity index (χ0) is 23.4. The molecule has 1 N–H and O–H groups in total. The summed E-state index contributed by atoms with van der Waals surface area (Å²) in [6.45, 7) is 5.97. The van der Waals surface area contributed by atoms with Crippen LogP contribution in [-0.4, -0.2) is 70.6 Å². The number of ether oxygens (including phenoxy) is 1. The molecule has 3 rings (SSSR count). The van der Waals surface area contributed by atoms with Crippen LogP contribution in [0.1, 0.15) is 37.6 Å². The molecular weight excluding hydrogens is 413 g/mol. The molecule has 1 aromatic carbocycles. The summed E-state index contributed by atoms with van der Waals surface area (Å²) >= 11 is 0. The summed E-state index contributed by atoms with van der Waals surface area (Å²) in [7, 11) is 1.72. The molecule has 0 saturated carbocycles. The molecule has 3 atom stereocenters. The number of hydrogen-bond acceptors (Lipinski definition) is 5. The van der Waals surface area contributed by atoms with E-state index in [0.717, 1.165) is 0 Å². The van der Waals surface area contributed by atoms with E-state index in [4.69, 9.17) is 4.74 Å². The lowest BCUT2D eigenvalue weighted by Gasteiger charge is -2.37. The third kappa shape index (κ3) is 4.91. The lowest BCUT2D eigenvalue weighted by Crippen LogP contribution is -2.50. The number of rotatable bonds is 6. The van der Waals surface area contributed by atoms with Crippen molar-refractivity contribution >= 4 is 11.8 Å². The van der Waals surface area contributed by atoms with E-state index in [0.29, 0.717) is 30.6 Å². The van der Waals surface area contributed by atoms with Gasteiger partial charge in [0.15, 0.2) is 0 Å². The Balaban J connectivity index is 2.05. The summed E-state index contributed by atoms with van der Waals surface area (Å²) in [4.78, 5) is 33.1. The Kier molecular flexibility index (Phi) is 7.45. The fourth-order valence-corrected chi connectivity index (χ4v) is 3.80. The Hall–Kier alpha value is -3.00. The van der Waals surface area contributed by atoms with Crippen molar-refractivity contribution in [3.63, 3.8) is 0 Å². The van der Waals surface area contributed by atoms with Gasteiger partial charge in [-0.25, -0.2) is 9.37 Å². The fraction of sp³-hybridized carbons (Fsp3) is 0.458. The highest BCUT2D eigenvalue weighted by Crippen LogP contribution is 2.31. The summed E-state index contributed by atoms with van der Waals surface area (Å²) in [5.74, 6) is -0.751. The summed E-state index contributed by atoms with van der Waals surface area (Å²) in [6.07, 6.45) is 1.45. The Morgan fingerprint density at radius 2 is 2.09 bits per heavy atom. The molecule has 0 radical (unpaired) electrons. The number of carbonyl (C=O) groups excluding carboxylic acids is 2. The third-order valence-corrected chi connectivity index (χ3v) is 5.89. The Bertz CT molecular complexity index is 983. The normalized spacial score (nSPS) is 19.4. The molecule has 172 valence electrons. The van der Waals surface area contributed by atoms with E-state index < -0.39 is 18.0 Å². The summed E-state index contributed by atoms with van der Waals surface area (Å²) < 4.78 is 20.5. The predicted molar refractivity (Wildman–Crippen MR) is 119 cm³/mol. The van der Waals surface area contributed by atoms with E-state index in [-0.39, 0.29) is 35.8 Å². The van der Waals surface area contributed by atoms with Gasteiger partial charge in [-0.05, 0) is 19.1 Å². The molecule has 2 aromatic rings. The zero-order valence-electron chi connectivity index (χ0n) is 18.9. The van der Waals surface area contributed by atoms with E-state index in [1.165, 1.54) is 12.3 Å². The number of fused-ring (bicyclic) bond motifs is 1. The molecule has 0 fully saturated rings. The first-order valence-electron chi connectivity index (χ1n) is 10.8. The second kappa shape index (κ2) is 10.1. The maximum Gasteiger partial charge on any atom is 0.259 e. The van der Waals surface area contributed by atoms with Crippen LogP contribution in [0.15, 0.2) is 36.5 Å². The number of pyridine rings is 1. The molecule has 1 aliphatic rings. The second-order valence-corrected chi connectivity index (χ2v) is 8.31. The first kappa shape index (κ1) is 23.7. The molecular formula is C24H30FN3O4. The molecule has 0 bridgehead atoms. The minimum Gasteiger partial charge on any atom is -0.472 e. The van der Waals surface area contributed by atoms with Gasteiger partial charge < -0.3 is 19.6 Å². The molecule has 2 heterocycles. The van der Waals surface area contributed by atoms with Crippen molar-refractivity contribution in [2.75, 3.05) is 26.7 Å². The summed E-state index contributed by atoms with van der Waals surface area (Å²) in [6, 6.07) is 7.43. The Morgan fingerprint density at radius 1 is 1.38 bits per heavy atom. The predicted octanol–water partition coefficient (Wildman–Crippen LogP) is 2.98. The van der Waals surface area contributed by atoms with Crippen LogP contribution in [0, 0.1) is 11.7 Å².